The van der Waals surface area contributed by atoms with Gasteiger partial charge in [0, 0.05) is 12.6 Å². The van der Waals surface area contributed by atoms with Crippen molar-refractivity contribution in [3.8, 4) is 0 Å². The zero-order valence-corrected chi connectivity index (χ0v) is 9.30. The molecule has 0 spiro atoms. The fourth-order valence-corrected chi connectivity index (χ4v) is 1.47. The minimum Gasteiger partial charge on any atom is -0.253 e. The number of nitrogens with zero attached hydrogens (tertiary/aromatic N) is 2. The Kier molecular flexibility index (Phi) is 3.44. The Bertz CT molecular complexity index is 527. The quantitative estimate of drug-likeness (QED) is 0.726. The van der Waals surface area contributed by atoms with Crippen LogP contribution in [0, 0.1) is 0 Å². The Morgan fingerprint density at radius 1 is 1.12 bits per heavy atom. The second kappa shape index (κ2) is 5.21. The van der Waals surface area contributed by atoms with Crippen LogP contribution < -0.4 is 0 Å². The molecule has 0 aliphatic heterocycles. The van der Waals surface area contributed by atoms with Crippen molar-refractivity contribution in [2.75, 3.05) is 0 Å². The summed E-state index contributed by atoms with van der Waals surface area (Å²) in [6, 6.07) is 7.92. The molecule has 0 saturated carbocycles. The summed E-state index contributed by atoms with van der Waals surface area (Å²) in [5.41, 5.74) is 2.91. The maximum atomic E-state index is 4.54. The summed E-state index contributed by atoms with van der Waals surface area (Å²) in [5.74, 6) is 0. The van der Waals surface area contributed by atoms with Crippen molar-refractivity contribution in [2.24, 2.45) is 0 Å². The molecular weight excluding hydrogens is 196 g/mol. The van der Waals surface area contributed by atoms with Crippen molar-refractivity contribution in [1.29, 1.82) is 0 Å². The van der Waals surface area contributed by atoms with E-state index in [0.717, 1.165) is 23.1 Å². The van der Waals surface area contributed by atoms with Gasteiger partial charge in [0.05, 0.1) is 16.7 Å². The predicted molar refractivity (Wildman–Crippen MR) is 67.2 cm³/mol. The van der Waals surface area contributed by atoms with Gasteiger partial charge in [-0.15, -0.1) is 0 Å². The van der Waals surface area contributed by atoms with Gasteiger partial charge >= 0.3 is 0 Å². The van der Waals surface area contributed by atoms with E-state index in [0.29, 0.717) is 0 Å². The third kappa shape index (κ3) is 2.54. The van der Waals surface area contributed by atoms with Crippen molar-refractivity contribution in [3.05, 3.63) is 60.5 Å². The monoisotopic (exact) mass is 210 g/mol. The summed E-state index contributed by atoms with van der Waals surface area (Å²) in [4.78, 5) is 8.90. The second-order valence-electron chi connectivity index (χ2n) is 3.51. The zero-order valence-electron chi connectivity index (χ0n) is 9.30. The summed E-state index contributed by atoms with van der Waals surface area (Å²) in [6.45, 7) is 2.00. The molecule has 1 aromatic heterocycles. The van der Waals surface area contributed by atoms with Crippen molar-refractivity contribution in [2.45, 2.75) is 13.3 Å². The van der Waals surface area contributed by atoms with Gasteiger partial charge in [0.15, 0.2) is 0 Å². The molecule has 2 rings (SSSR count). The molecule has 2 aromatic rings. The Balaban J connectivity index is 2.19. The first-order chi connectivity index (χ1) is 7.90. The largest absolute Gasteiger partial charge is 0.253 e. The highest BCUT2D eigenvalue weighted by Crippen LogP contribution is 2.08. The van der Waals surface area contributed by atoms with Crippen LogP contribution in [0.25, 0.3) is 11.0 Å². The molecule has 2 heteroatoms. The van der Waals surface area contributed by atoms with E-state index < -0.39 is 0 Å². The van der Waals surface area contributed by atoms with E-state index in [9.17, 15) is 0 Å². The molecule has 0 N–H and O–H groups in total. The van der Waals surface area contributed by atoms with Gasteiger partial charge in [-0.25, -0.2) is 4.98 Å². The molecule has 80 valence electrons. The zero-order chi connectivity index (χ0) is 11.2. The lowest BCUT2D eigenvalue weighted by molar-refractivity contribution is 1.10. The molecule has 2 nitrogen and oxygen atoms in total. The third-order valence-corrected chi connectivity index (χ3v) is 2.27. The molecule has 0 atom stereocenters. The smallest absolute Gasteiger partial charge is 0.0890 e. The number of benzene rings is 1. The summed E-state index contributed by atoms with van der Waals surface area (Å²) >= 11 is 0. The first-order valence-electron chi connectivity index (χ1n) is 5.38. The van der Waals surface area contributed by atoms with Gasteiger partial charge in [-0.2, -0.15) is 0 Å². The van der Waals surface area contributed by atoms with E-state index in [4.69, 9.17) is 0 Å². The lowest BCUT2D eigenvalue weighted by Crippen LogP contribution is -1.90. The molecule has 1 aromatic carbocycles. The summed E-state index contributed by atoms with van der Waals surface area (Å²) in [7, 11) is 0. The Morgan fingerprint density at radius 3 is 2.75 bits per heavy atom. The molecule has 0 fully saturated rings. The highest BCUT2D eigenvalue weighted by Gasteiger charge is 1.96. The van der Waals surface area contributed by atoms with Crippen LogP contribution in [0.15, 0.2) is 54.8 Å². The Morgan fingerprint density at radius 2 is 1.94 bits per heavy atom. The van der Waals surface area contributed by atoms with Gasteiger partial charge in [0.25, 0.3) is 0 Å². The van der Waals surface area contributed by atoms with E-state index >= 15 is 0 Å². The Labute approximate surface area is 95.4 Å². The van der Waals surface area contributed by atoms with Crippen LogP contribution in [-0.2, 0) is 6.42 Å². The third-order valence-electron chi connectivity index (χ3n) is 2.27. The number of hydrogen-bond acceptors (Lipinski definition) is 2. The van der Waals surface area contributed by atoms with Crippen LogP contribution in [0.1, 0.15) is 12.6 Å². The molecule has 0 unspecified atom stereocenters. The van der Waals surface area contributed by atoms with E-state index in [2.05, 4.69) is 16.0 Å². The maximum Gasteiger partial charge on any atom is 0.0890 e. The Hall–Kier alpha value is -1.96. The van der Waals surface area contributed by atoms with Gasteiger partial charge < -0.3 is 0 Å². The summed E-state index contributed by atoms with van der Waals surface area (Å²) in [5, 5.41) is 0. The standard InChI is InChI=1S/C14H14N2/c1-2-3-4-5-8-12-11-15-13-9-6-7-10-14(13)16-12/h2-7,9-11H,8H2,1H3/b3-2+,5-4+. The van der Waals surface area contributed by atoms with Crippen molar-refractivity contribution in [1.82, 2.24) is 9.97 Å². The molecule has 0 aliphatic carbocycles. The van der Waals surface area contributed by atoms with Crippen LogP contribution in [0.2, 0.25) is 0 Å². The fourth-order valence-electron chi connectivity index (χ4n) is 1.47. The molecule has 16 heavy (non-hydrogen) atoms. The molecule has 0 saturated heterocycles. The normalized spacial score (nSPS) is 11.8. The van der Waals surface area contributed by atoms with Crippen LogP contribution in [-0.4, -0.2) is 9.97 Å². The number of aromatic nitrogens is 2. The second-order valence-corrected chi connectivity index (χ2v) is 3.51. The minimum absolute atomic E-state index is 0.822. The number of hydrogen-bond donors (Lipinski definition) is 0. The van der Waals surface area contributed by atoms with Crippen molar-refractivity contribution in [3.63, 3.8) is 0 Å². The van der Waals surface area contributed by atoms with Gasteiger partial charge in [-0.3, -0.25) is 4.98 Å². The van der Waals surface area contributed by atoms with E-state index in [1.807, 2.05) is 55.6 Å². The van der Waals surface area contributed by atoms with Crippen LogP contribution >= 0.6 is 0 Å². The van der Waals surface area contributed by atoms with Gasteiger partial charge in [0.2, 0.25) is 0 Å². The van der Waals surface area contributed by atoms with Gasteiger partial charge in [-0.05, 0) is 19.1 Å². The predicted octanol–water partition coefficient (Wildman–Crippen LogP) is 3.30. The minimum atomic E-state index is 0.822. The van der Waals surface area contributed by atoms with Crippen molar-refractivity contribution < 1.29 is 0 Å². The molecular formula is C14H14N2. The molecule has 0 amide bonds. The van der Waals surface area contributed by atoms with E-state index in [-0.39, 0.29) is 0 Å². The fraction of sp³-hybridized carbons (Fsp3) is 0.143. The lowest BCUT2D eigenvalue weighted by Gasteiger charge is -1.98. The molecule has 0 aliphatic rings. The number of para-hydroxylation sites is 2. The lowest BCUT2D eigenvalue weighted by atomic mass is 10.2. The SMILES string of the molecule is C/C=C/C=C/Cc1cnc2ccccc2n1. The summed E-state index contributed by atoms with van der Waals surface area (Å²) < 4.78 is 0. The highest BCUT2D eigenvalue weighted by atomic mass is 14.8. The van der Waals surface area contributed by atoms with Gasteiger partial charge in [-0.1, -0.05) is 36.4 Å². The van der Waals surface area contributed by atoms with E-state index in [1.54, 1.807) is 0 Å². The van der Waals surface area contributed by atoms with E-state index in [1.165, 1.54) is 0 Å². The first kappa shape index (κ1) is 10.6. The highest BCUT2D eigenvalue weighted by molar-refractivity contribution is 5.73. The first-order valence-corrected chi connectivity index (χ1v) is 5.38. The van der Waals surface area contributed by atoms with Crippen molar-refractivity contribution >= 4 is 11.0 Å². The topological polar surface area (TPSA) is 25.8 Å². The van der Waals surface area contributed by atoms with Crippen LogP contribution in [0.4, 0.5) is 0 Å². The van der Waals surface area contributed by atoms with Gasteiger partial charge in [0.1, 0.15) is 0 Å². The molecule has 0 radical (unpaired) electrons. The number of fused-ring (bicyclic) bond motifs is 1. The van der Waals surface area contributed by atoms with Crippen LogP contribution in [0.3, 0.4) is 0 Å². The summed E-state index contributed by atoms with van der Waals surface area (Å²) in [6.07, 6.45) is 10.8. The maximum absolute atomic E-state index is 4.54. The van der Waals surface area contributed by atoms with Crippen LogP contribution in [0.5, 0.6) is 0 Å². The molecule has 1 heterocycles. The average Bonchev–Trinajstić information content (AvgIpc) is 2.34. The number of allylic oxidation sites excluding steroid dienone is 4. The molecule has 0 bridgehead atoms. The average molecular weight is 210 g/mol. The number of rotatable bonds is 3.